The van der Waals surface area contributed by atoms with Crippen LogP contribution < -0.4 is 0 Å². The zero-order valence-corrected chi connectivity index (χ0v) is 13.0. The Hall–Kier alpha value is -1.36. The molecule has 4 nitrogen and oxygen atoms in total. The predicted octanol–water partition coefficient (Wildman–Crippen LogP) is 2.77. The highest BCUT2D eigenvalue weighted by molar-refractivity contribution is 9.10. The predicted molar refractivity (Wildman–Crippen MR) is 79.6 cm³/mol. The molecule has 1 amide bonds. The maximum Gasteiger partial charge on any atom is 0.326 e. The third kappa shape index (κ3) is 3.39. The first-order valence-electron chi connectivity index (χ1n) is 6.76. The van der Waals surface area contributed by atoms with E-state index in [0.717, 1.165) is 28.4 Å². The topological polar surface area (TPSA) is 57.6 Å². The van der Waals surface area contributed by atoms with Crippen LogP contribution in [0, 0.1) is 6.92 Å². The third-order valence-electron chi connectivity index (χ3n) is 3.70. The van der Waals surface area contributed by atoms with Crippen molar-refractivity contribution < 1.29 is 14.7 Å². The van der Waals surface area contributed by atoms with Crippen LogP contribution in [0.25, 0.3) is 0 Å². The van der Waals surface area contributed by atoms with E-state index in [1.807, 2.05) is 25.1 Å². The lowest BCUT2D eigenvalue weighted by atomic mass is 10.0. The number of nitrogens with zero attached hydrogens (tertiary/aromatic N) is 1. The Morgan fingerprint density at radius 3 is 2.80 bits per heavy atom. The van der Waals surface area contributed by atoms with Crippen LogP contribution in [0.5, 0.6) is 0 Å². The fraction of sp³-hybridized carbons (Fsp3) is 0.467. The lowest BCUT2D eigenvalue weighted by Crippen LogP contribution is -2.48. The van der Waals surface area contributed by atoms with E-state index in [1.54, 1.807) is 0 Å². The first kappa shape index (κ1) is 15.0. The Balaban J connectivity index is 2.09. The fourth-order valence-electron chi connectivity index (χ4n) is 2.51. The molecule has 0 radical (unpaired) electrons. The average molecular weight is 340 g/mol. The highest BCUT2D eigenvalue weighted by atomic mass is 79.9. The van der Waals surface area contributed by atoms with Gasteiger partial charge in [-0.15, -0.1) is 0 Å². The van der Waals surface area contributed by atoms with Crippen molar-refractivity contribution in [3.8, 4) is 0 Å². The van der Waals surface area contributed by atoms with Gasteiger partial charge in [0.1, 0.15) is 6.04 Å². The molecule has 0 aromatic heterocycles. The van der Waals surface area contributed by atoms with Crippen molar-refractivity contribution in [1.29, 1.82) is 0 Å². The molecule has 1 N–H and O–H groups in total. The monoisotopic (exact) mass is 339 g/mol. The highest BCUT2D eigenvalue weighted by Gasteiger charge is 2.31. The molecule has 1 aliphatic rings. The molecular formula is C15H18BrNO3. The molecular weight excluding hydrogens is 322 g/mol. The van der Waals surface area contributed by atoms with Gasteiger partial charge in [-0.05, 0) is 43.4 Å². The van der Waals surface area contributed by atoms with Crippen molar-refractivity contribution in [2.24, 2.45) is 0 Å². The number of hydrogen-bond acceptors (Lipinski definition) is 2. The van der Waals surface area contributed by atoms with Gasteiger partial charge in [-0.1, -0.05) is 28.1 Å². The summed E-state index contributed by atoms with van der Waals surface area (Å²) in [4.78, 5) is 25.1. The van der Waals surface area contributed by atoms with Crippen LogP contribution in [-0.4, -0.2) is 34.5 Å². The van der Waals surface area contributed by atoms with Crippen LogP contribution >= 0.6 is 15.9 Å². The molecule has 108 valence electrons. The van der Waals surface area contributed by atoms with E-state index < -0.39 is 12.0 Å². The Labute approximate surface area is 126 Å². The molecule has 0 bridgehead atoms. The van der Waals surface area contributed by atoms with Crippen molar-refractivity contribution >= 4 is 27.8 Å². The number of hydrogen-bond donors (Lipinski definition) is 1. The number of carboxylic acid groups (broad SMARTS) is 1. The quantitative estimate of drug-likeness (QED) is 0.921. The fourth-order valence-corrected chi connectivity index (χ4v) is 2.94. The lowest BCUT2D eigenvalue weighted by Gasteiger charge is -2.33. The molecule has 0 saturated carbocycles. The van der Waals surface area contributed by atoms with Gasteiger partial charge in [-0.2, -0.15) is 0 Å². The number of piperidine rings is 1. The molecule has 1 atom stereocenters. The van der Waals surface area contributed by atoms with E-state index in [9.17, 15) is 14.7 Å². The number of rotatable bonds is 3. The number of carbonyl (C=O) groups is 2. The summed E-state index contributed by atoms with van der Waals surface area (Å²) in [5.41, 5.74) is 2.02. The Bertz CT molecular complexity index is 530. The van der Waals surface area contributed by atoms with Crippen LogP contribution in [0.4, 0.5) is 0 Å². The molecule has 0 unspecified atom stereocenters. The molecule has 5 heteroatoms. The molecule has 1 fully saturated rings. The number of aliphatic carboxylic acids is 1. The molecule has 1 aromatic carbocycles. The maximum absolute atomic E-state index is 12.3. The van der Waals surface area contributed by atoms with Crippen LogP contribution in [-0.2, 0) is 16.0 Å². The smallest absolute Gasteiger partial charge is 0.326 e. The third-order valence-corrected chi connectivity index (χ3v) is 4.55. The highest BCUT2D eigenvalue weighted by Crippen LogP contribution is 2.21. The summed E-state index contributed by atoms with van der Waals surface area (Å²) in [5.74, 6) is -1.00. The van der Waals surface area contributed by atoms with Crippen molar-refractivity contribution in [2.75, 3.05) is 6.54 Å². The number of carbonyl (C=O) groups excluding carboxylic acids is 1. The zero-order chi connectivity index (χ0) is 14.7. The number of likely N-dealkylation sites (tertiary alicyclic amines) is 1. The van der Waals surface area contributed by atoms with Gasteiger partial charge in [0.05, 0.1) is 6.42 Å². The number of halogens is 1. The second kappa shape index (κ2) is 6.39. The van der Waals surface area contributed by atoms with E-state index in [-0.39, 0.29) is 12.3 Å². The second-order valence-corrected chi connectivity index (χ2v) is 6.05. The first-order chi connectivity index (χ1) is 9.49. The van der Waals surface area contributed by atoms with Gasteiger partial charge in [-0.25, -0.2) is 4.79 Å². The van der Waals surface area contributed by atoms with Crippen LogP contribution in [0.15, 0.2) is 22.7 Å². The van der Waals surface area contributed by atoms with Gasteiger partial charge in [0.15, 0.2) is 0 Å². The summed E-state index contributed by atoms with van der Waals surface area (Å²) >= 11 is 3.45. The van der Waals surface area contributed by atoms with Gasteiger partial charge < -0.3 is 10.0 Å². The minimum Gasteiger partial charge on any atom is -0.480 e. The van der Waals surface area contributed by atoms with E-state index in [1.165, 1.54) is 4.90 Å². The second-order valence-electron chi connectivity index (χ2n) is 5.20. The van der Waals surface area contributed by atoms with Crippen LogP contribution in [0.1, 0.15) is 30.4 Å². The molecule has 0 aliphatic carbocycles. The molecule has 20 heavy (non-hydrogen) atoms. The van der Waals surface area contributed by atoms with E-state index in [4.69, 9.17) is 0 Å². The van der Waals surface area contributed by atoms with Crippen LogP contribution in [0.2, 0.25) is 0 Å². The van der Waals surface area contributed by atoms with Crippen molar-refractivity contribution in [3.63, 3.8) is 0 Å². The lowest BCUT2D eigenvalue weighted by molar-refractivity contribution is -0.151. The van der Waals surface area contributed by atoms with Gasteiger partial charge in [0, 0.05) is 11.0 Å². The van der Waals surface area contributed by atoms with Gasteiger partial charge in [-0.3, -0.25) is 4.79 Å². The number of aryl methyl sites for hydroxylation is 1. The van der Waals surface area contributed by atoms with E-state index >= 15 is 0 Å². The van der Waals surface area contributed by atoms with E-state index in [2.05, 4.69) is 15.9 Å². The van der Waals surface area contributed by atoms with Crippen molar-refractivity contribution in [3.05, 3.63) is 33.8 Å². The molecule has 1 saturated heterocycles. The summed E-state index contributed by atoms with van der Waals surface area (Å²) in [6.45, 7) is 2.53. The number of amides is 1. The summed E-state index contributed by atoms with van der Waals surface area (Å²) in [6.07, 6.45) is 2.56. The standard InChI is InChI=1S/C15H18BrNO3/c1-10-5-6-11(8-12(10)16)9-14(18)17-7-3-2-4-13(17)15(19)20/h5-6,8,13H,2-4,7,9H2,1H3,(H,19,20)/t13-/m1/s1. The number of benzene rings is 1. The van der Waals surface area contributed by atoms with Crippen molar-refractivity contribution in [1.82, 2.24) is 4.90 Å². The summed E-state index contributed by atoms with van der Waals surface area (Å²) in [6, 6.07) is 5.13. The Morgan fingerprint density at radius 1 is 1.40 bits per heavy atom. The Kier molecular flexibility index (Phi) is 4.81. The van der Waals surface area contributed by atoms with Gasteiger partial charge in [0.25, 0.3) is 0 Å². The summed E-state index contributed by atoms with van der Waals surface area (Å²) < 4.78 is 0.969. The molecule has 2 rings (SSSR count). The summed E-state index contributed by atoms with van der Waals surface area (Å²) in [7, 11) is 0. The summed E-state index contributed by atoms with van der Waals surface area (Å²) in [5, 5.41) is 9.20. The molecule has 1 aromatic rings. The van der Waals surface area contributed by atoms with Gasteiger partial charge >= 0.3 is 5.97 Å². The van der Waals surface area contributed by atoms with Crippen molar-refractivity contribution in [2.45, 2.75) is 38.6 Å². The number of carboxylic acids is 1. The molecule has 0 spiro atoms. The normalized spacial score (nSPS) is 18.9. The SMILES string of the molecule is Cc1ccc(CC(=O)N2CCCC[C@@H]2C(=O)O)cc1Br. The zero-order valence-electron chi connectivity index (χ0n) is 11.4. The maximum atomic E-state index is 12.3. The average Bonchev–Trinajstić information content (AvgIpc) is 2.43. The largest absolute Gasteiger partial charge is 0.480 e. The minimum absolute atomic E-state index is 0.104. The van der Waals surface area contributed by atoms with E-state index in [0.29, 0.717) is 13.0 Å². The van der Waals surface area contributed by atoms with Crippen LogP contribution in [0.3, 0.4) is 0 Å². The minimum atomic E-state index is -0.900. The van der Waals surface area contributed by atoms with Gasteiger partial charge in [0.2, 0.25) is 5.91 Å². The molecule has 1 heterocycles. The first-order valence-corrected chi connectivity index (χ1v) is 7.55. The Morgan fingerprint density at radius 2 is 2.15 bits per heavy atom. The molecule has 1 aliphatic heterocycles.